The monoisotopic (exact) mass is 588 g/mol. The third kappa shape index (κ3) is 8.31. The van der Waals surface area contributed by atoms with E-state index >= 15 is 0 Å². The first-order valence-electron chi connectivity index (χ1n) is 15.9. The molecule has 4 aliphatic rings. The van der Waals surface area contributed by atoms with Gasteiger partial charge in [0.25, 0.3) is 5.91 Å². The third-order valence-corrected chi connectivity index (χ3v) is 9.35. The molecule has 2 aromatic rings. The van der Waals surface area contributed by atoms with Gasteiger partial charge in [0.1, 0.15) is 0 Å². The first kappa shape index (κ1) is 30.9. The van der Waals surface area contributed by atoms with Gasteiger partial charge in [0.05, 0.1) is 18.0 Å². The van der Waals surface area contributed by atoms with Crippen LogP contribution in [0.3, 0.4) is 0 Å². The summed E-state index contributed by atoms with van der Waals surface area (Å²) in [6.45, 7) is 2.01. The zero-order chi connectivity index (χ0) is 30.2. The van der Waals surface area contributed by atoms with Gasteiger partial charge in [-0.2, -0.15) is 0 Å². The first-order chi connectivity index (χ1) is 20.8. The van der Waals surface area contributed by atoms with Crippen molar-refractivity contribution in [3.63, 3.8) is 0 Å². The number of esters is 1. The van der Waals surface area contributed by atoms with E-state index in [4.69, 9.17) is 9.57 Å². The quantitative estimate of drug-likeness (QED) is 0.209. The largest absolute Gasteiger partial charge is 0.450 e. The fourth-order valence-electron chi connectivity index (χ4n) is 7.62. The van der Waals surface area contributed by atoms with E-state index in [1.807, 2.05) is 43.3 Å². The van der Waals surface area contributed by atoms with Gasteiger partial charge in [0, 0.05) is 12.0 Å². The highest BCUT2D eigenvalue weighted by atomic mass is 16.7. The molecule has 4 saturated carbocycles. The molecule has 230 valence electrons. The van der Waals surface area contributed by atoms with Gasteiger partial charge >= 0.3 is 11.9 Å². The molecule has 6 rings (SSSR count). The molecule has 4 aliphatic carbocycles. The Bertz CT molecular complexity index is 1230. The van der Waals surface area contributed by atoms with Crippen LogP contribution in [0.25, 0.3) is 0 Å². The van der Waals surface area contributed by atoms with Crippen LogP contribution < -0.4 is 10.8 Å². The summed E-state index contributed by atoms with van der Waals surface area (Å²) in [7, 11) is 0. The number of Topliss-reactive ketones (excluding diaryl/α,β-unsaturated/α-hetero) is 1. The summed E-state index contributed by atoms with van der Waals surface area (Å²) in [5.74, 6) is 0.258. The summed E-state index contributed by atoms with van der Waals surface area (Å²) in [6.07, 6.45) is 7.80. The lowest BCUT2D eigenvalue weighted by molar-refractivity contribution is -0.183. The normalized spacial score (nSPS) is 25.0. The van der Waals surface area contributed by atoms with E-state index in [1.54, 1.807) is 24.3 Å². The lowest BCUT2D eigenvalue weighted by Gasteiger charge is -2.56. The maximum atomic E-state index is 13.3. The minimum Gasteiger partial charge on any atom is -0.450 e. The smallest absolute Gasteiger partial charge is 0.366 e. The molecular weight excluding hydrogens is 544 g/mol. The van der Waals surface area contributed by atoms with Crippen LogP contribution in [0, 0.1) is 17.8 Å². The summed E-state index contributed by atoms with van der Waals surface area (Å²) in [5.41, 5.74) is 4.33. The number of hydrogen-bond acceptors (Lipinski definition) is 7. The van der Waals surface area contributed by atoms with Gasteiger partial charge in [0.15, 0.2) is 5.78 Å². The topological polar surface area (TPSA) is 111 Å². The highest BCUT2D eigenvalue weighted by Gasteiger charge is 2.52. The average molecular weight is 589 g/mol. The lowest BCUT2D eigenvalue weighted by atomic mass is 9.53. The molecule has 8 heteroatoms. The number of unbranched alkanes of at least 4 members (excludes halogenated alkanes) is 1. The fourth-order valence-corrected chi connectivity index (χ4v) is 7.62. The number of ketones is 1. The Hall–Kier alpha value is -3.52. The third-order valence-electron chi connectivity index (χ3n) is 9.35. The molecule has 0 spiro atoms. The molecular formula is C35H44N2O6. The number of ether oxygens (including phenoxy) is 1. The zero-order valence-electron chi connectivity index (χ0n) is 25.1. The SMILES string of the molecule is CCCC[C@H](OC(=O)CCC(=O)[C@H](Cc1ccccc1)NC(=O)c1ccccc1)C(=O)ONC12CC3CC(CC(C3)C1)C2. The van der Waals surface area contributed by atoms with Crippen molar-refractivity contribution in [1.29, 1.82) is 0 Å². The zero-order valence-corrected chi connectivity index (χ0v) is 25.1. The van der Waals surface area contributed by atoms with Crippen LogP contribution in [0.2, 0.25) is 0 Å². The number of hydrogen-bond donors (Lipinski definition) is 2. The van der Waals surface area contributed by atoms with Crippen molar-refractivity contribution < 1.29 is 28.8 Å². The van der Waals surface area contributed by atoms with Gasteiger partial charge in [-0.1, -0.05) is 61.9 Å². The summed E-state index contributed by atoms with van der Waals surface area (Å²) in [6, 6.07) is 17.3. The van der Waals surface area contributed by atoms with E-state index in [-0.39, 0.29) is 30.1 Å². The molecule has 0 saturated heterocycles. The minimum atomic E-state index is -1.03. The van der Waals surface area contributed by atoms with Crippen LogP contribution in [0.4, 0.5) is 0 Å². The van der Waals surface area contributed by atoms with Gasteiger partial charge in [-0.3, -0.25) is 14.4 Å². The van der Waals surface area contributed by atoms with Gasteiger partial charge in [-0.15, -0.1) is 5.48 Å². The Kier molecular flexibility index (Phi) is 10.3. The Morgan fingerprint density at radius 1 is 0.860 bits per heavy atom. The molecule has 0 radical (unpaired) electrons. The molecule has 0 aromatic heterocycles. The Morgan fingerprint density at radius 3 is 2.07 bits per heavy atom. The molecule has 4 bridgehead atoms. The Morgan fingerprint density at radius 2 is 1.47 bits per heavy atom. The summed E-state index contributed by atoms with van der Waals surface area (Å²) in [5, 5.41) is 2.84. The van der Waals surface area contributed by atoms with Gasteiger partial charge in [-0.05, 0) is 93.2 Å². The van der Waals surface area contributed by atoms with Gasteiger partial charge in [-0.25, -0.2) is 4.79 Å². The van der Waals surface area contributed by atoms with Crippen molar-refractivity contribution in [2.24, 2.45) is 17.8 Å². The number of carbonyl (C=O) groups excluding carboxylic acids is 4. The second-order valence-corrected chi connectivity index (χ2v) is 12.9. The van der Waals surface area contributed by atoms with E-state index < -0.39 is 24.1 Å². The number of hydroxylamine groups is 1. The molecule has 8 nitrogen and oxygen atoms in total. The summed E-state index contributed by atoms with van der Waals surface area (Å²) in [4.78, 5) is 57.8. The fraction of sp³-hybridized carbons (Fsp3) is 0.543. The van der Waals surface area contributed by atoms with E-state index in [1.165, 1.54) is 19.3 Å². The van der Waals surface area contributed by atoms with Crippen molar-refractivity contribution in [2.75, 3.05) is 0 Å². The number of nitrogens with one attached hydrogen (secondary N) is 2. The summed E-state index contributed by atoms with van der Waals surface area (Å²) < 4.78 is 5.59. The molecule has 2 N–H and O–H groups in total. The molecule has 43 heavy (non-hydrogen) atoms. The van der Waals surface area contributed by atoms with Crippen LogP contribution in [-0.4, -0.2) is 41.3 Å². The Balaban J connectivity index is 1.15. The van der Waals surface area contributed by atoms with E-state index in [0.29, 0.717) is 42.6 Å². The lowest BCUT2D eigenvalue weighted by Crippen LogP contribution is -2.59. The van der Waals surface area contributed by atoms with Gasteiger partial charge in [0.2, 0.25) is 6.10 Å². The van der Waals surface area contributed by atoms with Crippen LogP contribution in [0.1, 0.15) is 93.5 Å². The second-order valence-electron chi connectivity index (χ2n) is 12.9. The van der Waals surface area contributed by atoms with Gasteiger partial charge < -0.3 is 14.9 Å². The predicted molar refractivity (Wildman–Crippen MR) is 162 cm³/mol. The number of amides is 1. The number of carbonyl (C=O) groups is 4. The maximum absolute atomic E-state index is 13.3. The standard InChI is InChI=1S/C35H44N2O6/c1-2-3-14-31(34(41)43-37-35-21-25-17-26(22-35)19-27(18-25)23-35)42-32(39)16-15-30(38)29(20-24-10-6-4-7-11-24)36-33(40)28-12-8-5-9-13-28/h4-13,25-27,29,31,37H,2-3,14-23H2,1H3,(H,36,40)/t25?,26?,27?,29-,31-,35?/m0/s1. The van der Waals surface area contributed by atoms with Crippen LogP contribution in [0.15, 0.2) is 60.7 Å². The maximum Gasteiger partial charge on any atom is 0.366 e. The molecule has 0 aliphatic heterocycles. The minimum absolute atomic E-state index is 0.119. The highest BCUT2D eigenvalue weighted by Crippen LogP contribution is 2.55. The molecule has 2 aromatic carbocycles. The average Bonchev–Trinajstić information content (AvgIpc) is 3.00. The molecule has 1 amide bonds. The predicted octanol–water partition coefficient (Wildman–Crippen LogP) is 5.50. The van der Waals surface area contributed by atoms with Crippen molar-refractivity contribution in [3.05, 3.63) is 71.8 Å². The second kappa shape index (κ2) is 14.3. The van der Waals surface area contributed by atoms with E-state index in [0.717, 1.165) is 31.2 Å². The molecule has 0 heterocycles. The van der Waals surface area contributed by atoms with Crippen LogP contribution in [-0.2, 0) is 30.4 Å². The van der Waals surface area contributed by atoms with E-state index in [2.05, 4.69) is 10.8 Å². The van der Waals surface area contributed by atoms with Crippen molar-refractivity contribution in [3.8, 4) is 0 Å². The van der Waals surface area contributed by atoms with Crippen molar-refractivity contribution in [2.45, 2.75) is 102 Å². The molecule has 2 atom stereocenters. The van der Waals surface area contributed by atoms with Crippen molar-refractivity contribution >= 4 is 23.6 Å². The number of benzene rings is 2. The Labute approximate surface area is 254 Å². The molecule has 0 unspecified atom stereocenters. The summed E-state index contributed by atoms with van der Waals surface area (Å²) >= 11 is 0. The number of rotatable bonds is 15. The molecule has 4 fully saturated rings. The van der Waals surface area contributed by atoms with E-state index in [9.17, 15) is 19.2 Å². The van der Waals surface area contributed by atoms with Crippen LogP contribution in [0.5, 0.6) is 0 Å². The van der Waals surface area contributed by atoms with Crippen molar-refractivity contribution in [1.82, 2.24) is 10.8 Å². The van der Waals surface area contributed by atoms with Crippen LogP contribution >= 0.6 is 0 Å². The highest BCUT2D eigenvalue weighted by molar-refractivity contribution is 5.98. The first-order valence-corrected chi connectivity index (χ1v) is 15.9.